The third kappa shape index (κ3) is 4.35. The fraction of sp³-hybridized carbons (Fsp3) is 0.429. The minimum Gasteiger partial charge on any atom is -0.356 e. The van der Waals surface area contributed by atoms with Gasteiger partial charge in [0.25, 0.3) is 0 Å². The van der Waals surface area contributed by atoms with Gasteiger partial charge in [0.05, 0.1) is 5.02 Å². The van der Waals surface area contributed by atoms with Gasteiger partial charge in [0.15, 0.2) is 5.96 Å². The van der Waals surface area contributed by atoms with Gasteiger partial charge in [0.1, 0.15) is 5.82 Å². The summed E-state index contributed by atoms with van der Waals surface area (Å²) in [7, 11) is 1.83. The zero-order chi connectivity index (χ0) is 18.6. The Morgan fingerprint density at radius 2 is 2.11 bits per heavy atom. The van der Waals surface area contributed by atoms with E-state index in [1.807, 2.05) is 19.2 Å². The minimum absolute atomic E-state index is 0.346. The maximum absolute atomic E-state index is 6.28. The monoisotopic (exact) mass is 383 g/mol. The average Bonchev–Trinajstić information content (AvgIpc) is 3.34. The highest BCUT2D eigenvalue weighted by atomic mass is 35.5. The Bertz CT molecular complexity index is 794. The van der Waals surface area contributed by atoms with Crippen LogP contribution in [0.3, 0.4) is 0 Å². The molecular formula is C21H26ClN5. The van der Waals surface area contributed by atoms with Crippen LogP contribution in [0, 0.1) is 5.92 Å². The first-order chi connectivity index (χ1) is 13.2. The molecule has 5 nitrogen and oxygen atoms in total. The van der Waals surface area contributed by atoms with Gasteiger partial charge >= 0.3 is 0 Å². The molecule has 3 unspecified atom stereocenters. The van der Waals surface area contributed by atoms with Gasteiger partial charge in [-0.05, 0) is 42.4 Å². The molecule has 0 amide bonds. The van der Waals surface area contributed by atoms with Crippen molar-refractivity contribution in [1.82, 2.24) is 15.6 Å². The number of hydrogen-bond acceptors (Lipinski definition) is 3. The van der Waals surface area contributed by atoms with Crippen LogP contribution in [0.15, 0.2) is 53.7 Å². The van der Waals surface area contributed by atoms with E-state index in [0.717, 1.165) is 37.8 Å². The van der Waals surface area contributed by atoms with Crippen molar-refractivity contribution in [2.24, 2.45) is 10.9 Å². The van der Waals surface area contributed by atoms with Crippen molar-refractivity contribution in [3.63, 3.8) is 0 Å². The maximum Gasteiger partial charge on any atom is 0.191 e. The molecule has 2 heterocycles. The molecule has 1 aromatic carbocycles. The average molecular weight is 384 g/mol. The fourth-order valence-electron chi connectivity index (χ4n) is 3.88. The van der Waals surface area contributed by atoms with Gasteiger partial charge in [0, 0.05) is 38.9 Å². The summed E-state index contributed by atoms with van der Waals surface area (Å²) >= 11 is 6.28. The number of aromatic nitrogens is 1. The minimum atomic E-state index is 0.346. The molecule has 0 spiro atoms. The van der Waals surface area contributed by atoms with E-state index in [2.05, 4.69) is 55.8 Å². The summed E-state index contributed by atoms with van der Waals surface area (Å²) in [6, 6.07) is 14.9. The summed E-state index contributed by atoms with van der Waals surface area (Å²) in [5.74, 6) is 3.13. The molecule has 142 valence electrons. The van der Waals surface area contributed by atoms with Crippen LogP contribution in [-0.2, 0) is 0 Å². The van der Waals surface area contributed by atoms with Crippen LogP contribution in [0.5, 0.6) is 0 Å². The van der Waals surface area contributed by atoms with Crippen molar-refractivity contribution in [2.45, 2.75) is 24.8 Å². The predicted octanol–water partition coefficient (Wildman–Crippen LogP) is 3.28. The number of nitrogens with zero attached hydrogens (tertiary/aromatic N) is 3. The fourth-order valence-corrected chi connectivity index (χ4v) is 4.12. The third-order valence-corrected chi connectivity index (χ3v) is 5.77. The molecule has 2 N–H and O–H groups in total. The molecule has 1 aromatic heterocycles. The van der Waals surface area contributed by atoms with E-state index in [-0.39, 0.29) is 0 Å². The Morgan fingerprint density at radius 3 is 2.89 bits per heavy atom. The number of pyridine rings is 1. The van der Waals surface area contributed by atoms with E-state index < -0.39 is 0 Å². The lowest BCUT2D eigenvalue weighted by atomic mass is 10.1. The van der Waals surface area contributed by atoms with Crippen LogP contribution >= 0.6 is 11.6 Å². The van der Waals surface area contributed by atoms with Crippen LogP contribution in [0.4, 0.5) is 5.82 Å². The molecule has 2 fully saturated rings. The third-order valence-electron chi connectivity index (χ3n) is 5.47. The lowest BCUT2D eigenvalue weighted by Gasteiger charge is -2.20. The Balaban J connectivity index is 1.25. The second kappa shape index (κ2) is 8.17. The van der Waals surface area contributed by atoms with Crippen molar-refractivity contribution in [1.29, 1.82) is 0 Å². The number of hydrogen-bond donors (Lipinski definition) is 2. The van der Waals surface area contributed by atoms with E-state index >= 15 is 0 Å². The van der Waals surface area contributed by atoms with Gasteiger partial charge in [-0.15, -0.1) is 0 Å². The first kappa shape index (κ1) is 18.1. The van der Waals surface area contributed by atoms with Gasteiger partial charge in [0.2, 0.25) is 0 Å². The molecule has 6 heteroatoms. The molecule has 2 aliphatic rings. The summed E-state index contributed by atoms with van der Waals surface area (Å²) in [4.78, 5) is 11.1. The molecule has 0 bridgehead atoms. The van der Waals surface area contributed by atoms with Crippen molar-refractivity contribution in [3.8, 4) is 0 Å². The Kier molecular flexibility index (Phi) is 5.48. The van der Waals surface area contributed by atoms with Crippen molar-refractivity contribution < 1.29 is 0 Å². The zero-order valence-electron chi connectivity index (χ0n) is 15.6. The second-order valence-electron chi connectivity index (χ2n) is 7.35. The summed E-state index contributed by atoms with van der Waals surface area (Å²) in [5.41, 5.74) is 1.45. The van der Waals surface area contributed by atoms with E-state index in [1.165, 1.54) is 12.0 Å². The van der Waals surface area contributed by atoms with Crippen LogP contribution in [0.2, 0.25) is 5.02 Å². The van der Waals surface area contributed by atoms with Gasteiger partial charge in [-0.2, -0.15) is 0 Å². The predicted molar refractivity (Wildman–Crippen MR) is 112 cm³/mol. The Morgan fingerprint density at radius 1 is 1.26 bits per heavy atom. The van der Waals surface area contributed by atoms with Crippen LogP contribution in [-0.4, -0.2) is 43.7 Å². The smallest absolute Gasteiger partial charge is 0.191 e. The molecule has 0 radical (unpaired) electrons. The summed E-state index contributed by atoms with van der Waals surface area (Å²) in [5, 5.41) is 7.76. The van der Waals surface area contributed by atoms with E-state index in [0.29, 0.717) is 22.9 Å². The normalized spacial score (nSPS) is 24.7. The summed E-state index contributed by atoms with van der Waals surface area (Å²) < 4.78 is 0. The quantitative estimate of drug-likeness (QED) is 0.614. The van der Waals surface area contributed by atoms with E-state index in [4.69, 9.17) is 11.6 Å². The first-order valence-electron chi connectivity index (χ1n) is 9.62. The van der Waals surface area contributed by atoms with Crippen LogP contribution in [0.1, 0.15) is 24.3 Å². The lowest BCUT2D eigenvalue weighted by molar-refractivity contribution is 0.637. The van der Waals surface area contributed by atoms with Crippen molar-refractivity contribution >= 4 is 23.4 Å². The largest absolute Gasteiger partial charge is 0.356 e. The van der Waals surface area contributed by atoms with Gasteiger partial charge in [-0.3, -0.25) is 4.99 Å². The SMILES string of the molecule is CN=C(NCC1CC1c1ccccc1)NC1CCN(c2ncccc2Cl)C1. The number of aliphatic imine (C=N–C) groups is 1. The second-order valence-corrected chi connectivity index (χ2v) is 7.76. The number of halogens is 1. The zero-order valence-corrected chi connectivity index (χ0v) is 16.4. The van der Waals surface area contributed by atoms with Crippen LogP contribution < -0.4 is 15.5 Å². The number of guanidine groups is 1. The van der Waals surface area contributed by atoms with Crippen LogP contribution in [0.25, 0.3) is 0 Å². The molecule has 3 atom stereocenters. The van der Waals surface area contributed by atoms with Gasteiger partial charge in [-0.25, -0.2) is 4.98 Å². The highest BCUT2D eigenvalue weighted by Gasteiger charge is 2.38. The molecule has 2 aromatic rings. The molecule has 4 rings (SSSR count). The molecule has 1 saturated heterocycles. The standard InChI is InChI=1S/C21H26ClN5/c1-23-21(25-13-16-12-18(16)15-6-3-2-4-7-15)26-17-9-11-27(14-17)20-19(22)8-5-10-24-20/h2-8,10,16-18H,9,11-14H2,1H3,(H2,23,25,26). The maximum atomic E-state index is 6.28. The first-order valence-corrected chi connectivity index (χ1v) is 10.00. The highest BCUT2D eigenvalue weighted by molar-refractivity contribution is 6.32. The number of benzene rings is 1. The van der Waals surface area contributed by atoms with Crippen molar-refractivity contribution in [2.75, 3.05) is 31.6 Å². The number of anilines is 1. The highest BCUT2D eigenvalue weighted by Crippen LogP contribution is 2.46. The number of rotatable bonds is 5. The number of nitrogens with one attached hydrogen (secondary N) is 2. The molecular weight excluding hydrogens is 358 g/mol. The molecule has 27 heavy (non-hydrogen) atoms. The van der Waals surface area contributed by atoms with Gasteiger partial charge < -0.3 is 15.5 Å². The van der Waals surface area contributed by atoms with Crippen molar-refractivity contribution in [3.05, 3.63) is 59.2 Å². The van der Waals surface area contributed by atoms with E-state index in [1.54, 1.807) is 6.20 Å². The summed E-state index contributed by atoms with van der Waals surface area (Å²) in [6.07, 6.45) is 4.09. The van der Waals surface area contributed by atoms with Gasteiger partial charge in [-0.1, -0.05) is 41.9 Å². The Hall–Kier alpha value is -2.27. The molecule has 1 saturated carbocycles. The topological polar surface area (TPSA) is 52.6 Å². The summed E-state index contributed by atoms with van der Waals surface area (Å²) in [6.45, 7) is 2.79. The Labute approximate surface area is 165 Å². The van der Waals surface area contributed by atoms with E-state index in [9.17, 15) is 0 Å². The lowest BCUT2D eigenvalue weighted by Crippen LogP contribution is -2.45. The molecule has 1 aliphatic heterocycles. The molecule has 1 aliphatic carbocycles.